The summed E-state index contributed by atoms with van der Waals surface area (Å²) in [5, 5.41) is 25.4. The molecule has 5 heteroatoms. The predicted octanol–water partition coefficient (Wildman–Crippen LogP) is 8.76. The highest BCUT2D eigenvalue weighted by molar-refractivity contribution is 5.73. The third-order valence-corrected chi connectivity index (χ3v) is 14.1. The van der Waals surface area contributed by atoms with Crippen LogP contribution in [0.1, 0.15) is 105 Å². The second kappa shape index (κ2) is 10.4. The average Bonchev–Trinajstić information content (AvgIpc) is 3.63. The number of benzene rings is 1. The number of aliphatic hydroxyl groups is 1. The number of hydrogen-bond acceptors (Lipinski definition) is 4. The largest absolute Gasteiger partial charge is 0.396 e. The summed E-state index contributed by atoms with van der Waals surface area (Å²) in [6.07, 6.45) is 12.4. The van der Waals surface area contributed by atoms with Crippen LogP contribution in [0.25, 0.3) is 17.0 Å². The molecule has 3 fully saturated rings. The Morgan fingerprint density at radius 2 is 1.69 bits per heavy atom. The SMILES string of the molecule is C=C(C)C1CCC(CC)(CO)C1C1CCC2C(C)(CCC3C(C)(C)C(c4ccc(-c5nn[nH]n5)cc4)=CCC32C)C1C. The molecule has 6 rings (SSSR count). The van der Waals surface area contributed by atoms with Crippen LogP contribution in [0.2, 0.25) is 0 Å². The number of aromatic amines is 1. The van der Waals surface area contributed by atoms with Crippen LogP contribution in [0.5, 0.6) is 0 Å². The summed E-state index contributed by atoms with van der Waals surface area (Å²) in [6.45, 7) is 22.3. The molecule has 1 aromatic carbocycles. The number of tetrazole rings is 1. The first kappa shape index (κ1) is 29.8. The maximum atomic E-state index is 10.8. The van der Waals surface area contributed by atoms with Gasteiger partial charge in [-0.3, -0.25) is 0 Å². The van der Waals surface area contributed by atoms with Crippen LogP contribution in [-0.4, -0.2) is 32.3 Å². The van der Waals surface area contributed by atoms with Gasteiger partial charge in [-0.1, -0.05) is 84.0 Å². The number of hydrogen-bond donors (Lipinski definition) is 2. The van der Waals surface area contributed by atoms with Crippen molar-refractivity contribution in [1.29, 1.82) is 0 Å². The third kappa shape index (κ3) is 4.23. The molecule has 2 aromatic rings. The second-order valence-corrected chi connectivity index (χ2v) is 15.9. The van der Waals surface area contributed by atoms with Gasteiger partial charge < -0.3 is 5.11 Å². The zero-order valence-electron chi connectivity index (χ0n) is 27.2. The fourth-order valence-corrected chi connectivity index (χ4v) is 11.8. The molecule has 0 radical (unpaired) electrons. The molecule has 9 atom stereocenters. The Bertz CT molecular complexity index is 1320. The lowest BCUT2D eigenvalue weighted by atomic mass is 9.38. The standard InChI is InChI=1S/C37H54N4O/c1-9-37(22-42)21-16-27(23(2)3)32(37)28-14-15-31-35(7,24(28)4)20-18-30-34(5,6)29(17-19-36(30,31)8)25-10-12-26(13-11-25)33-38-40-41-39-33/h10-13,17,24,27-28,30-32,42H,2,9,14-16,18-22H2,1,3-8H3,(H,38,39,40,41). The molecular weight excluding hydrogens is 516 g/mol. The maximum Gasteiger partial charge on any atom is 0.204 e. The van der Waals surface area contributed by atoms with Crippen molar-refractivity contribution in [1.82, 2.24) is 20.6 Å². The number of fused-ring (bicyclic) bond motifs is 3. The topological polar surface area (TPSA) is 74.7 Å². The lowest BCUT2D eigenvalue weighted by Gasteiger charge is -2.67. The first-order valence-electron chi connectivity index (χ1n) is 16.7. The lowest BCUT2D eigenvalue weighted by molar-refractivity contribution is -0.162. The number of aliphatic hydroxyl groups excluding tert-OH is 1. The van der Waals surface area contributed by atoms with E-state index in [1.807, 2.05) is 0 Å². The van der Waals surface area contributed by atoms with Crippen LogP contribution in [-0.2, 0) is 0 Å². The van der Waals surface area contributed by atoms with Crippen LogP contribution < -0.4 is 0 Å². The number of nitrogens with one attached hydrogen (secondary N) is 1. The van der Waals surface area contributed by atoms with Crippen molar-refractivity contribution in [2.75, 3.05) is 6.61 Å². The molecule has 3 saturated carbocycles. The highest BCUT2D eigenvalue weighted by Crippen LogP contribution is 2.71. The summed E-state index contributed by atoms with van der Waals surface area (Å²) in [4.78, 5) is 0. The number of aromatic nitrogens is 4. The molecule has 4 aliphatic rings. The summed E-state index contributed by atoms with van der Waals surface area (Å²) in [5.41, 5.74) is 5.97. The zero-order chi connectivity index (χ0) is 30.1. The number of rotatable bonds is 6. The van der Waals surface area contributed by atoms with Gasteiger partial charge in [-0.2, -0.15) is 5.21 Å². The summed E-state index contributed by atoms with van der Waals surface area (Å²) >= 11 is 0. The zero-order valence-corrected chi connectivity index (χ0v) is 27.2. The van der Waals surface area contributed by atoms with Gasteiger partial charge in [-0.15, -0.1) is 10.2 Å². The second-order valence-electron chi connectivity index (χ2n) is 15.9. The Morgan fingerprint density at radius 1 is 0.976 bits per heavy atom. The molecule has 1 aromatic heterocycles. The average molecular weight is 571 g/mol. The van der Waals surface area contributed by atoms with E-state index >= 15 is 0 Å². The third-order valence-electron chi connectivity index (χ3n) is 14.1. The monoisotopic (exact) mass is 570 g/mol. The van der Waals surface area contributed by atoms with Crippen LogP contribution in [0.4, 0.5) is 0 Å². The number of allylic oxidation sites excluding steroid dienone is 3. The predicted molar refractivity (Wildman–Crippen MR) is 171 cm³/mol. The van der Waals surface area contributed by atoms with E-state index < -0.39 is 0 Å². The normalized spacial score (nSPS) is 41.1. The van der Waals surface area contributed by atoms with Gasteiger partial charge in [-0.05, 0) is 132 Å². The van der Waals surface area contributed by atoms with Gasteiger partial charge in [0.15, 0.2) is 0 Å². The number of nitrogens with zero attached hydrogens (tertiary/aromatic N) is 3. The molecule has 5 nitrogen and oxygen atoms in total. The summed E-state index contributed by atoms with van der Waals surface area (Å²) in [7, 11) is 0. The summed E-state index contributed by atoms with van der Waals surface area (Å²) in [6, 6.07) is 8.78. The fraction of sp³-hybridized carbons (Fsp3) is 0.703. The van der Waals surface area contributed by atoms with Gasteiger partial charge >= 0.3 is 0 Å². The van der Waals surface area contributed by atoms with Gasteiger partial charge in [0.1, 0.15) is 0 Å². The van der Waals surface area contributed by atoms with Crippen molar-refractivity contribution in [3.63, 3.8) is 0 Å². The molecule has 1 heterocycles. The van der Waals surface area contributed by atoms with Crippen LogP contribution in [0.3, 0.4) is 0 Å². The Balaban J connectivity index is 1.30. The van der Waals surface area contributed by atoms with E-state index in [4.69, 9.17) is 0 Å². The van der Waals surface area contributed by atoms with Gasteiger partial charge in [-0.25, -0.2) is 0 Å². The highest BCUT2D eigenvalue weighted by atomic mass is 16.3. The van der Waals surface area contributed by atoms with E-state index in [-0.39, 0.29) is 10.8 Å². The fourth-order valence-electron chi connectivity index (χ4n) is 11.8. The lowest BCUT2D eigenvalue weighted by Crippen LogP contribution is -2.59. The highest BCUT2D eigenvalue weighted by Gasteiger charge is 2.64. The first-order chi connectivity index (χ1) is 19.9. The molecule has 4 aliphatic carbocycles. The van der Waals surface area contributed by atoms with E-state index in [2.05, 4.69) is 106 Å². The maximum absolute atomic E-state index is 10.8. The first-order valence-corrected chi connectivity index (χ1v) is 16.7. The minimum absolute atomic E-state index is 0.0661. The minimum atomic E-state index is 0.0661. The van der Waals surface area contributed by atoms with Crippen molar-refractivity contribution < 1.29 is 5.11 Å². The van der Waals surface area contributed by atoms with Crippen molar-refractivity contribution in [3.05, 3.63) is 48.1 Å². The van der Waals surface area contributed by atoms with Gasteiger partial charge in [0.05, 0.1) is 0 Å². The molecule has 0 saturated heterocycles. The molecule has 2 N–H and O–H groups in total. The molecule has 228 valence electrons. The van der Waals surface area contributed by atoms with Crippen LogP contribution in [0, 0.1) is 57.2 Å². The van der Waals surface area contributed by atoms with Crippen LogP contribution in [0.15, 0.2) is 42.5 Å². The molecule has 0 spiro atoms. The van der Waals surface area contributed by atoms with Gasteiger partial charge in [0, 0.05) is 12.2 Å². The van der Waals surface area contributed by atoms with E-state index in [1.165, 1.54) is 48.8 Å². The Kier molecular flexibility index (Phi) is 7.39. The number of H-pyrrole nitrogens is 1. The van der Waals surface area contributed by atoms with E-state index in [1.54, 1.807) is 0 Å². The molecule has 0 bridgehead atoms. The molecule has 0 amide bonds. The Hall–Kier alpha value is -2.27. The molecular formula is C37H54N4O. The van der Waals surface area contributed by atoms with Gasteiger partial charge in [0.25, 0.3) is 0 Å². The van der Waals surface area contributed by atoms with Crippen molar-refractivity contribution in [3.8, 4) is 11.4 Å². The Labute approximate surface area is 254 Å². The van der Waals surface area contributed by atoms with Crippen molar-refractivity contribution in [2.45, 2.75) is 99.8 Å². The van der Waals surface area contributed by atoms with Gasteiger partial charge in [0.2, 0.25) is 5.82 Å². The summed E-state index contributed by atoms with van der Waals surface area (Å²) in [5.74, 6) is 4.47. The molecule has 0 aliphatic heterocycles. The van der Waals surface area contributed by atoms with Crippen molar-refractivity contribution >= 4 is 5.57 Å². The Morgan fingerprint density at radius 3 is 2.31 bits per heavy atom. The molecule has 42 heavy (non-hydrogen) atoms. The smallest absolute Gasteiger partial charge is 0.204 e. The quantitative estimate of drug-likeness (QED) is 0.341. The van der Waals surface area contributed by atoms with E-state index in [0.717, 1.165) is 30.7 Å². The van der Waals surface area contributed by atoms with Crippen LogP contribution >= 0.6 is 0 Å². The van der Waals surface area contributed by atoms with Crippen molar-refractivity contribution in [2.24, 2.45) is 57.2 Å². The summed E-state index contributed by atoms with van der Waals surface area (Å²) < 4.78 is 0. The van der Waals surface area contributed by atoms with E-state index in [9.17, 15) is 5.11 Å². The minimum Gasteiger partial charge on any atom is -0.396 e. The molecule has 9 unspecified atom stereocenters. The van der Waals surface area contributed by atoms with E-state index in [0.29, 0.717) is 52.9 Å².